The molecule has 0 spiro atoms. The number of carbonyl (C=O) groups is 1. The van der Waals surface area contributed by atoms with E-state index in [0.717, 1.165) is 19.0 Å². The Labute approximate surface area is 200 Å². The van der Waals surface area contributed by atoms with Crippen LogP contribution >= 0.6 is 23.2 Å². The van der Waals surface area contributed by atoms with Gasteiger partial charge >= 0.3 is 6.18 Å². The second-order valence-corrected chi connectivity index (χ2v) is 8.34. The van der Waals surface area contributed by atoms with E-state index >= 15 is 0 Å². The number of pyridine rings is 2. The number of halogens is 5. The van der Waals surface area contributed by atoms with Crippen LogP contribution in [0.5, 0.6) is 0 Å². The minimum Gasteiger partial charge on any atom is -0.372 e. The van der Waals surface area contributed by atoms with E-state index in [1.807, 2.05) is 0 Å². The van der Waals surface area contributed by atoms with E-state index in [9.17, 15) is 18.0 Å². The first-order valence-electron chi connectivity index (χ1n) is 10.1. The van der Waals surface area contributed by atoms with Gasteiger partial charge in [0.1, 0.15) is 11.9 Å². The first-order valence-corrected chi connectivity index (χ1v) is 10.8. The first-order chi connectivity index (χ1) is 16.2. The second-order valence-electron chi connectivity index (χ2n) is 7.52. The highest BCUT2D eigenvalue weighted by atomic mass is 35.5. The molecular formula is C21H15Cl2F3N6O2. The van der Waals surface area contributed by atoms with E-state index in [0.29, 0.717) is 17.0 Å². The Bertz CT molecular complexity index is 1400. The minimum atomic E-state index is -4.89. The number of ether oxygens (including phenoxy) is 1. The van der Waals surface area contributed by atoms with Crippen molar-refractivity contribution in [2.75, 3.05) is 11.9 Å². The van der Waals surface area contributed by atoms with Crippen LogP contribution in [0.1, 0.15) is 40.7 Å². The maximum Gasteiger partial charge on any atom is 0.434 e. The molecule has 0 bridgehead atoms. The van der Waals surface area contributed by atoms with Gasteiger partial charge in [0.2, 0.25) is 0 Å². The quantitative estimate of drug-likeness (QED) is 0.400. The van der Waals surface area contributed by atoms with Crippen LogP contribution in [0.15, 0.2) is 43.0 Å². The lowest BCUT2D eigenvalue weighted by molar-refractivity contribution is -0.143. The van der Waals surface area contributed by atoms with Gasteiger partial charge in [0.25, 0.3) is 5.91 Å². The molecule has 1 atom stereocenters. The molecule has 1 N–H and O–H groups in total. The monoisotopic (exact) mass is 510 g/mol. The normalized spacial score (nSPS) is 16.3. The summed E-state index contributed by atoms with van der Waals surface area (Å²) in [5.74, 6) is -1.01. The van der Waals surface area contributed by atoms with Crippen LogP contribution in [0.3, 0.4) is 0 Å². The molecule has 5 rings (SSSR count). The van der Waals surface area contributed by atoms with Crippen molar-refractivity contribution < 1.29 is 22.7 Å². The van der Waals surface area contributed by atoms with Crippen LogP contribution in [-0.4, -0.2) is 36.7 Å². The largest absolute Gasteiger partial charge is 0.434 e. The highest BCUT2D eigenvalue weighted by Gasteiger charge is 2.41. The Morgan fingerprint density at radius 3 is 2.71 bits per heavy atom. The Morgan fingerprint density at radius 2 is 2.00 bits per heavy atom. The average molecular weight is 511 g/mol. The fourth-order valence-corrected chi connectivity index (χ4v) is 4.34. The third-order valence-corrected chi connectivity index (χ3v) is 5.94. The number of fused-ring (bicyclic) bond motifs is 1. The molecule has 176 valence electrons. The molecule has 4 aromatic rings. The standard InChI is InChI=1S/C21H15Cl2F3N6O2/c22-13-3-4-16(31-6-5-27-19(13)31)32-18(21(24,25)26)12(10-29-32)20(33)30-11-8-14(23)17(28-9-11)15-2-1-7-34-15/h3-6,8-10,15H,1-2,7H2,(H,30,33)/t15-/m1/s1. The van der Waals surface area contributed by atoms with E-state index in [4.69, 9.17) is 27.9 Å². The van der Waals surface area contributed by atoms with E-state index in [2.05, 4.69) is 20.4 Å². The predicted octanol–water partition coefficient (Wildman–Crippen LogP) is 5.34. The summed E-state index contributed by atoms with van der Waals surface area (Å²) in [5.41, 5.74) is -1.01. The van der Waals surface area contributed by atoms with E-state index in [1.54, 1.807) is 0 Å². The van der Waals surface area contributed by atoms with E-state index < -0.39 is 23.3 Å². The molecule has 0 saturated carbocycles. The summed E-state index contributed by atoms with van der Waals surface area (Å²) in [7, 11) is 0. The molecule has 0 unspecified atom stereocenters. The van der Waals surface area contributed by atoms with Crippen molar-refractivity contribution in [1.82, 2.24) is 24.1 Å². The van der Waals surface area contributed by atoms with Crippen molar-refractivity contribution in [3.8, 4) is 5.82 Å². The molecule has 1 fully saturated rings. The molecule has 1 aliphatic heterocycles. The summed E-state index contributed by atoms with van der Waals surface area (Å²) >= 11 is 12.3. The molecule has 4 aromatic heterocycles. The Morgan fingerprint density at radius 1 is 1.18 bits per heavy atom. The molecule has 1 saturated heterocycles. The lowest BCUT2D eigenvalue weighted by atomic mass is 10.1. The van der Waals surface area contributed by atoms with E-state index in [-0.39, 0.29) is 33.3 Å². The van der Waals surface area contributed by atoms with Gasteiger partial charge in [0.05, 0.1) is 39.4 Å². The van der Waals surface area contributed by atoms with Crippen LogP contribution in [0, 0.1) is 0 Å². The summed E-state index contributed by atoms with van der Waals surface area (Å²) in [6, 6.07) is 4.19. The maximum absolute atomic E-state index is 14.1. The number of aromatic nitrogens is 5. The number of imidazole rings is 1. The molecule has 13 heteroatoms. The van der Waals surface area contributed by atoms with Crippen LogP contribution in [0.4, 0.5) is 18.9 Å². The maximum atomic E-state index is 14.1. The molecule has 0 aliphatic carbocycles. The summed E-state index contributed by atoms with van der Waals surface area (Å²) in [5, 5.41) is 6.76. The Balaban J connectivity index is 1.50. The number of anilines is 1. The number of alkyl halides is 3. The third kappa shape index (κ3) is 3.99. The predicted molar refractivity (Wildman–Crippen MR) is 117 cm³/mol. The highest BCUT2D eigenvalue weighted by molar-refractivity contribution is 6.33. The zero-order valence-corrected chi connectivity index (χ0v) is 18.7. The van der Waals surface area contributed by atoms with E-state index in [1.165, 1.54) is 41.2 Å². The van der Waals surface area contributed by atoms with Gasteiger partial charge < -0.3 is 10.1 Å². The van der Waals surface area contributed by atoms with Crippen LogP contribution < -0.4 is 5.32 Å². The molecule has 0 aromatic carbocycles. The summed E-state index contributed by atoms with van der Waals surface area (Å²) in [6.07, 6.45) is 1.53. The Hall–Kier alpha value is -3.15. The summed E-state index contributed by atoms with van der Waals surface area (Å²) < 4.78 is 49.8. The highest BCUT2D eigenvalue weighted by Crippen LogP contribution is 2.36. The van der Waals surface area contributed by atoms with Crippen molar-refractivity contribution in [2.45, 2.75) is 25.1 Å². The van der Waals surface area contributed by atoms with Gasteiger partial charge in [-0.25, -0.2) is 9.67 Å². The smallest absolute Gasteiger partial charge is 0.372 e. The molecule has 0 radical (unpaired) electrons. The minimum absolute atomic E-state index is 0.00824. The Kier molecular flexibility index (Phi) is 5.70. The molecule has 34 heavy (non-hydrogen) atoms. The van der Waals surface area contributed by atoms with Crippen LogP contribution in [0.2, 0.25) is 10.0 Å². The van der Waals surface area contributed by atoms with Crippen molar-refractivity contribution in [3.63, 3.8) is 0 Å². The van der Waals surface area contributed by atoms with Gasteiger partial charge in [-0.1, -0.05) is 23.2 Å². The number of nitrogens with one attached hydrogen (secondary N) is 1. The van der Waals surface area contributed by atoms with Crippen molar-refractivity contribution in [2.24, 2.45) is 0 Å². The topological polar surface area (TPSA) is 86.3 Å². The molecule has 8 nitrogen and oxygen atoms in total. The number of nitrogens with zero attached hydrogens (tertiary/aromatic N) is 5. The zero-order valence-electron chi connectivity index (χ0n) is 17.2. The number of amides is 1. The number of hydrogen-bond acceptors (Lipinski definition) is 5. The molecule has 1 aliphatic rings. The average Bonchev–Trinajstić information content (AvgIpc) is 3.54. The SMILES string of the molecule is O=C(Nc1cnc([C@H]2CCCO2)c(Cl)c1)c1cnn(-c2ccc(Cl)c3nccn23)c1C(F)(F)F. The third-order valence-electron chi connectivity index (χ3n) is 5.34. The summed E-state index contributed by atoms with van der Waals surface area (Å²) in [6.45, 7) is 0.602. The molecular weight excluding hydrogens is 496 g/mol. The van der Waals surface area contributed by atoms with Crippen LogP contribution in [-0.2, 0) is 10.9 Å². The van der Waals surface area contributed by atoms with Crippen molar-refractivity contribution in [1.29, 1.82) is 0 Å². The number of rotatable bonds is 4. The van der Waals surface area contributed by atoms with Gasteiger partial charge in [0.15, 0.2) is 11.3 Å². The lowest BCUT2D eigenvalue weighted by Gasteiger charge is -2.15. The number of hydrogen-bond donors (Lipinski definition) is 1. The second kappa shape index (κ2) is 8.57. The van der Waals surface area contributed by atoms with Crippen LogP contribution in [0.25, 0.3) is 11.5 Å². The number of carbonyl (C=O) groups excluding carboxylic acids is 1. The van der Waals surface area contributed by atoms with Crippen molar-refractivity contribution in [3.05, 3.63) is 70.0 Å². The fourth-order valence-electron chi connectivity index (χ4n) is 3.85. The van der Waals surface area contributed by atoms with Gasteiger partial charge in [0, 0.05) is 19.0 Å². The van der Waals surface area contributed by atoms with Gasteiger partial charge in [-0.15, -0.1) is 0 Å². The summed E-state index contributed by atoms with van der Waals surface area (Å²) in [4.78, 5) is 21.1. The molecule has 1 amide bonds. The van der Waals surface area contributed by atoms with Gasteiger partial charge in [-0.05, 0) is 31.0 Å². The van der Waals surface area contributed by atoms with Gasteiger partial charge in [-0.2, -0.15) is 18.3 Å². The van der Waals surface area contributed by atoms with Gasteiger partial charge in [-0.3, -0.25) is 14.2 Å². The zero-order chi connectivity index (χ0) is 24.0. The lowest BCUT2D eigenvalue weighted by Crippen LogP contribution is -2.21. The molecule has 5 heterocycles. The first kappa shape index (κ1) is 22.6. The fraction of sp³-hybridized carbons (Fsp3) is 0.238. The van der Waals surface area contributed by atoms with Crippen molar-refractivity contribution >= 4 is 40.4 Å².